The van der Waals surface area contributed by atoms with Gasteiger partial charge in [0, 0.05) is 17.4 Å². The Labute approximate surface area is 121 Å². The van der Waals surface area contributed by atoms with Gasteiger partial charge in [0.05, 0.1) is 5.56 Å². The number of halogens is 1. The van der Waals surface area contributed by atoms with Crippen molar-refractivity contribution in [3.8, 4) is 0 Å². The van der Waals surface area contributed by atoms with Crippen LogP contribution in [-0.2, 0) is 4.79 Å². The van der Waals surface area contributed by atoms with E-state index in [0.29, 0.717) is 5.56 Å². The van der Waals surface area contributed by atoms with Crippen molar-refractivity contribution in [2.24, 2.45) is 0 Å². The van der Waals surface area contributed by atoms with Gasteiger partial charge in [-0.25, -0.2) is 0 Å². The SMILES string of the molecule is CC(=O)N(C(=O)c1ccccc1Br)C1CCNCC1. The molecule has 5 heteroatoms. The van der Waals surface area contributed by atoms with E-state index in [-0.39, 0.29) is 17.9 Å². The van der Waals surface area contributed by atoms with E-state index in [2.05, 4.69) is 21.2 Å². The number of hydrogen-bond acceptors (Lipinski definition) is 3. The lowest BCUT2D eigenvalue weighted by atomic mass is 10.0. The third-order valence-electron chi connectivity index (χ3n) is 3.34. The Bertz CT molecular complexity index is 484. The van der Waals surface area contributed by atoms with Crippen LogP contribution in [0.1, 0.15) is 30.1 Å². The predicted molar refractivity (Wildman–Crippen MR) is 76.9 cm³/mol. The first-order valence-corrected chi connectivity index (χ1v) is 7.20. The summed E-state index contributed by atoms with van der Waals surface area (Å²) in [5.74, 6) is -0.403. The second-order valence-corrected chi connectivity index (χ2v) is 5.51. The maximum Gasteiger partial charge on any atom is 0.261 e. The van der Waals surface area contributed by atoms with Crippen LogP contribution in [0.3, 0.4) is 0 Å². The second kappa shape index (κ2) is 6.30. The molecule has 0 bridgehead atoms. The van der Waals surface area contributed by atoms with Crippen molar-refractivity contribution in [2.45, 2.75) is 25.8 Å². The highest BCUT2D eigenvalue weighted by atomic mass is 79.9. The van der Waals surface area contributed by atoms with E-state index in [1.165, 1.54) is 11.8 Å². The molecule has 0 atom stereocenters. The summed E-state index contributed by atoms with van der Waals surface area (Å²) in [5.41, 5.74) is 0.538. The summed E-state index contributed by atoms with van der Waals surface area (Å²) in [5, 5.41) is 3.24. The molecule has 0 aliphatic carbocycles. The van der Waals surface area contributed by atoms with Crippen molar-refractivity contribution in [3.05, 3.63) is 34.3 Å². The topological polar surface area (TPSA) is 49.4 Å². The molecule has 0 saturated carbocycles. The van der Waals surface area contributed by atoms with Gasteiger partial charge in [0.1, 0.15) is 0 Å². The maximum atomic E-state index is 12.6. The third kappa shape index (κ3) is 3.22. The van der Waals surface area contributed by atoms with Crippen LogP contribution < -0.4 is 5.32 Å². The summed E-state index contributed by atoms with van der Waals surface area (Å²) in [6.45, 7) is 3.14. The van der Waals surface area contributed by atoms with E-state index in [9.17, 15) is 9.59 Å². The molecule has 0 aromatic heterocycles. The number of hydrogen-bond donors (Lipinski definition) is 1. The summed E-state index contributed by atoms with van der Waals surface area (Å²) in [6, 6.07) is 7.21. The average Bonchev–Trinajstić information content (AvgIpc) is 2.40. The molecule has 1 aliphatic rings. The number of imide groups is 1. The van der Waals surface area contributed by atoms with Crippen LogP contribution in [0.15, 0.2) is 28.7 Å². The molecule has 1 fully saturated rings. The summed E-state index contributed by atoms with van der Waals surface area (Å²) in [6.07, 6.45) is 1.63. The third-order valence-corrected chi connectivity index (χ3v) is 4.03. The van der Waals surface area contributed by atoms with E-state index in [0.717, 1.165) is 30.4 Å². The first kappa shape index (κ1) is 14.2. The monoisotopic (exact) mass is 324 g/mol. The molecule has 1 heterocycles. The van der Waals surface area contributed by atoms with Crippen molar-refractivity contribution in [2.75, 3.05) is 13.1 Å². The number of carbonyl (C=O) groups is 2. The smallest absolute Gasteiger partial charge is 0.261 e. The van der Waals surface area contributed by atoms with Gasteiger partial charge in [0.2, 0.25) is 5.91 Å². The minimum Gasteiger partial charge on any atom is -0.317 e. The molecule has 2 rings (SSSR count). The molecule has 1 aromatic carbocycles. The number of benzene rings is 1. The molecule has 0 unspecified atom stereocenters. The summed E-state index contributed by atoms with van der Waals surface area (Å²) in [4.78, 5) is 25.8. The number of carbonyl (C=O) groups excluding carboxylic acids is 2. The maximum absolute atomic E-state index is 12.6. The predicted octanol–water partition coefficient (Wildman–Crippen LogP) is 2.19. The van der Waals surface area contributed by atoms with Crippen LogP contribution in [0.2, 0.25) is 0 Å². The van der Waals surface area contributed by atoms with E-state index < -0.39 is 0 Å². The molecule has 1 aromatic rings. The molecule has 19 heavy (non-hydrogen) atoms. The standard InChI is InChI=1S/C14H17BrN2O2/c1-10(18)17(11-6-8-16-9-7-11)14(19)12-4-2-3-5-13(12)15/h2-5,11,16H,6-9H2,1H3. The van der Waals surface area contributed by atoms with Gasteiger partial charge in [0.15, 0.2) is 0 Å². The van der Waals surface area contributed by atoms with Crippen LogP contribution in [-0.4, -0.2) is 35.8 Å². The molecule has 102 valence electrons. The van der Waals surface area contributed by atoms with Gasteiger partial charge in [-0.15, -0.1) is 0 Å². The molecule has 1 aliphatic heterocycles. The Morgan fingerprint density at radius 3 is 2.47 bits per heavy atom. The highest BCUT2D eigenvalue weighted by Crippen LogP contribution is 2.21. The number of amides is 2. The Kier molecular flexibility index (Phi) is 4.71. The van der Waals surface area contributed by atoms with E-state index in [1.54, 1.807) is 12.1 Å². The summed E-state index contributed by atoms with van der Waals surface area (Å²) >= 11 is 3.37. The fourth-order valence-electron chi connectivity index (χ4n) is 2.40. The lowest BCUT2D eigenvalue weighted by Crippen LogP contribution is -2.48. The molecule has 0 spiro atoms. The van der Waals surface area contributed by atoms with E-state index >= 15 is 0 Å². The molecule has 4 nitrogen and oxygen atoms in total. The van der Waals surface area contributed by atoms with Crippen LogP contribution in [0.4, 0.5) is 0 Å². The summed E-state index contributed by atoms with van der Waals surface area (Å²) in [7, 11) is 0. The molecule has 0 radical (unpaired) electrons. The minimum absolute atomic E-state index is 0.00152. The fourth-order valence-corrected chi connectivity index (χ4v) is 2.85. The van der Waals surface area contributed by atoms with Crippen molar-refractivity contribution < 1.29 is 9.59 Å². The Balaban J connectivity index is 2.26. The number of nitrogens with zero attached hydrogens (tertiary/aromatic N) is 1. The quantitative estimate of drug-likeness (QED) is 0.907. The number of nitrogens with one attached hydrogen (secondary N) is 1. The zero-order chi connectivity index (χ0) is 13.8. The molecule has 1 saturated heterocycles. The molecule has 2 amide bonds. The number of piperidine rings is 1. The average molecular weight is 325 g/mol. The highest BCUT2D eigenvalue weighted by Gasteiger charge is 2.30. The zero-order valence-corrected chi connectivity index (χ0v) is 12.4. The van der Waals surface area contributed by atoms with Crippen molar-refractivity contribution >= 4 is 27.7 Å². The fraction of sp³-hybridized carbons (Fsp3) is 0.429. The van der Waals surface area contributed by atoms with Crippen LogP contribution in [0.5, 0.6) is 0 Å². The van der Waals surface area contributed by atoms with Gasteiger partial charge in [-0.05, 0) is 54.0 Å². The first-order valence-electron chi connectivity index (χ1n) is 6.40. The Morgan fingerprint density at radius 1 is 1.26 bits per heavy atom. The Morgan fingerprint density at radius 2 is 1.89 bits per heavy atom. The van der Waals surface area contributed by atoms with E-state index in [4.69, 9.17) is 0 Å². The van der Waals surface area contributed by atoms with Gasteiger partial charge < -0.3 is 5.32 Å². The van der Waals surface area contributed by atoms with Gasteiger partial charge in [-0.2, -0.15) is 0 Å². The van der Waals surface area contributed by atoms with Gasteiger partial charge >= 0.3 is 0 Å². The Hall–Kier alpha value is -1.20. The zero-order valence-electron chi connectivity index (χ0n) is 10.9. The lowest BCUT2D eigenvalue weighted by molar-refractivity contribution is -0.128. The molecular formula is C14H17BrN2O2. The molecular weight excluding hydrogens is 308 g/mol. The number of rotatable bonds is 2. The van der Waals surface area contributed by atoms with Crippen LogP contribution >= 0.6 is 15.9 Å². The highest BCUT2D eigenvalue weighted by molar-refractivity contribution is 9.10. The van der Waals surface area contributed by atoms with Crippen LogP contribution in [0.25, 0.3) is 0 Å². The van der Waals surface area contributed by atoms with Crippen molar-refractivity contribution in [1.29, 1.82) is 0 Å². The van der Waals surface area contributed by atoms with Crippen molar-refractivity contribution in [1.82, 2.24) is 10.2 Å². The second-order valence-electron chi connectivity index (χ2n) is 4.66. The van der Waals surface area contributed by atoms with Gasteiger partial charge in [-0.1, -0.05) is 12.1 Å². The first-order chi connectivity index (χ1) is 9.11. The van der Waals surface area contributed by atoms with Gasteiger partial charge in [0.25, 0.3) is 5.91 Å². The summed E-state index contributed by atoms with van der Waals surface area (Å²) < 4.78 is 0.722. The molecule has 1 N–H and O–H groups in total. The van der Waals surface area contributed by atoms with E-state index in [1.807, 2.05) is 12.1 Å². The van der Waals surface area contributed by atoms with Gasteiger partial charge in [-0.3, -0.25) is 14.5 Å². The normalized spacial score (nSPS) is 16.1. The lowest BCUT2D eigenvalue weighted by Gasteiger charge is -2.32. The largest absolute Gasteiger partial charge is 0.317 e. The van der Waals surface area contributed by atoms with Crippen LogP contribution in [0, 0.1) is 0 Å². The minimum atomic E-state index is -0.216. The van der Waals surface area contributed by atoms with Crippen molar-refractivity contribution in [3.63, 3.8) is 0 Å².